The minimum atomic E-state index is -0.469. The second-order valence-electron chi connectivity index (χ2n) is 7.17. The number of rotatable bonds is 8. The quantitative estimate of drug-likeness (QED) is 0.362. The Kier molecular flexibility index (Phi) is 9.62. The highest BCUT2D eigenvalue weighted by atomic mass is 16.5. The first kappa shape index (κ1) is 22.0. The van der Waals surface area contributed by atoms with Crippen molar-refractivity contribution in [1.82, 2.24) is 15.5 Å². The van der Waals surface area contributed by atoms with Crippen LogP contribution in [-0.4, -0.2) is 56.3 Å². The predicted molar refractivity (Wildman–Crippen MR) is 115 cm³/mol. The molecule has 1 heterocycles. The van der Waals surface area contributed by atoms with Crippen molar-refractivity contribution in [2.45, 2.75) is 52.1 Å². The van der Waals surface area contributed by atoms with Crippen LogP contribution in [0.4, 0.5) is 10.5 Å². The van der Waals surface area contributed by atoms with Crippen LogP contribution in [0.2, 0.25) is 0 Å². The van der Waals surface area contributed by atoms with E-state index in [0.717, 1.165) is 37.6 Å². The Hall–Kier alpha value is -2.28. The molecule has 7 heteroatoms. The number of carbonyl (C=O) groups is 1. The van der Waals surface area contributed by atoms with Gasteiger partial charge in [-0.3, -0.25) is 5.32 Å². The molecule has 0 saturated carbocycles. The van der Waals surface area contributed by atoms with E-state index in [4.69, 9.17) is 0 Å². The van der Waals surface area contributed by atoms with Crippen molar-refractivity contribution in [3.05, 3.63) is 29.8 Å². The number of hydrogen-bond acceptors (Lipinski definition) is 4. The van der Waals surface area contributed by atoms with Crippen molar-refractivity contribution in [2.75, 3.05) is 38.6 Å². The molecule has 28 heavy (non-hydrogen) atoms. The highest BCUT2D eigenvalue weighted by Gasteiger charge is 2.17. The molecule has 1 amide bonds. The highest BCUT2D eigenvalue weighted by molar-refractivity contribution is 5.84. The summed E-state index contributed by atoms with van der Waals surface area (Å²) in [6, 6.07) is 8.32. The molecule has 1 unspecified atom stereocenters. The van der Waals surface area contributed by atoms with Crippen LogP contribution in [0, 0.1) is 0 Å². The minimum Gasteiger partial charge on any atom is -0.453 e. The molecule has 7 nitrogen and oxygen atoms in total. The summed E-state index contributed by atoms with van der Waals surface area (Å²) in [7, 11) is 1.35. The molecule has 2 rings (SSSR count). The van der Waals surface area contributed by atoms with Crippen molar-refractivity contribution in [3.8, 4) is 0 Å². The van der Waals surface area contributed by atoms with Gasteiger partial charge in [0.2, 0.25) is 0 Å². The summed E-state index contributed by atoms with van der Waals surface area (Å²) >= 11 is 0. The van der Waals surface area contributed by atoms with Gasteiger partial charge in [-0.15, -0.1) is 0 Å². The van der Waals surface area contributed by atoms with Crippen LogP contribution in [0.25, 0.3) is 0 Å². The lowest BCUT2D eigenvalue weighted by Crippen LogP contribution is -2.41. The number of ether oxygens (including phenoxy) is 1. The maximum Gasteiger partial charge on any atom is 0.411 e. The van der Waals surface area contributed by atoms with Gasteiger partial charge in [-0.25, -0.2) is 9.79 Å². The normalized spacial score (nSPS) is 17.8. The van der Waals surface area contributed by atoms with E-state index in [1.54, 1.807) is 0 Å². The minimum absolute atomic E-state index is 0.469. The van der Waals surface area contributed by atoms with Gasteiger partial charge in [0.25, 0.3) is 0 Å². The molecule has 1 fully saturated rings. The van der Waals surface area contributed by atoms with Gasteiger partial charge in [0, 0.05) is 31.4 Å². The zero-order chi connectivity index (χ0) is 20.2. The number of aliphatic imine (C=N–C) groups is 1. The average Bonchev–Trinajstić information content (AvgIpc) is 2.71. The lowest BCUT2D eigenvalue weighted by Gasteiger charge is -2.33. The van der Waals surface area contributed by atoms with E-state index in [2.05, 4.69) is 44.4 Å². The number of guanidine groups is 1. The lowest BCUT2D eigenvalue weighted by atomic mass is 10.0. The molecule has 1 atom stereocenters. The zero-order valence-corrected chi connectivity index (χ0v) is 17.5. The molecule has 0 spiro atoms. The fourth-order valence-electron chi connectivity index (χ4n) is 3.35. The number of amides is 1. The summed E-state index contributed by atoms with van der Waals surface area (Å²) < 4.78 is 4.59. The smallest absolute Gasteiger partial charge is 0.411 e. The number of hydrogen-bond donors (Lipinski definition) is 3. The van der Waals surface area contributed by atoms with E-state index < -0.39 is 6.09 Å². The highest BCUT2D eigenvalue weighted by Crippen LogP contribution is 2.16. The van der Waals surface area contributed by atoms with Crippen molar-refractivity contribution in [2.24, 2.45) is 4.99 Å². The Morgan fingerprint density at radius 3 is 2.71 bits per heavy atom. The largest absolute Gasteiger partial charge is 0.453 e. The molecule has 0 aromatic heterocycles. The predicted octanol–water partition coefficient (Wildman–Crippen LogP) is 3.18. The first-order chi connectivity index (χ1) is 13.6. The molecule has 0 aliphatic carbocycles. The third-order valence-electron chi connectivity index (χ3n) is 5.00. The third-order valence-corrected chi connectivity index (χ3v) is 5.00. The molecule has 1 saturated heterocycles. The van der Waals surface area contributed by atoms with Crippen molar-refractivity contribution >= 4 is 17.7 Å². The Morgan fingerprint density at radius 2 is 2.04 bits per heavy atom. The van der Waals surface area contributed by atoms with E-state index >= 15 is 0 Å². The number of nitrogens with zero attached hydrogens (tertiary/aromatic N) is 2. The Morgan fingerprint density at radius 1 is 1.25 bits per heavy atom. The van der Waals surface area contributed by atoms with E-state index in [-0.39, 0.29) is 0 Å². The van der Waals surface area contributed by atoms with Crippen LogP contribution < -0.4 is 16.0 Å². The van der Waals surface area contributed by atoms with Crippen LogP contribution in [0.1, 0.15) is 45.1 Å². The van der Waals surface area contributed by atoms with E-state index in [1.807, 2.05) is 24.3 Å². The first-order valence-electron chi connectivity index (χ1n) is 10.3. The summed E-state index contributed by atoms with van der Waals surface area (Å²) in [5, 5.41) is 9.37. The van der Waals surface area contributed by atoms with Crippen LogP contribution in [-0.2, 0) is 11.3 Å². The van der Waals surface area contributed by atoms with Crippen molar-refractivity contribution in [3.63, 3.8) is 0 Å². The topological polar surface area (TPSA) is 78.0 Å². The fraction of sp³-hybridized carbons (Fsp3) is 0.619. The summed E-state index contributed by atoms with van der Waals surface area (Å²) in [6.07, 6.45) is 4.67. The Labute approximate surface area is 168 Å². The number of anilines is 1. The second-order valence-corrected chi connectivity index (χ2v) is 7.17. The molecular weight excluding hydrogens is 354 g/mol. The summed E-state index contributed by atoms with van der Waals surface area (Å²) in [4.78, 5) is 18.5. The lowest BCUT2D eigenvalue weighted by molar-refractivity contribution is 0.159. The molecular formula is C21H35N5O2. The van der Waals surface area contributed by atoms with Gasteiger partial charge in [-0.05, 0) is 57.4 Å². The van der Waals surface area contributed by atoms with Crippen LogP contribution in [0.5, 0.6) is 0 Å². The van der Waals surface area contributed by atoms with Gasteiger partial charge in [0.05, 0.1) is 13.7 Å². The van der Waals surface area contributed by atoms with Gasteiger partial charge >= 0.3 is 6.09 Å². The summed E-state index contributed by atoms with van der Waals surface area (Å²) in [6.45, 7) is 9.10. The van der Waals surface area contributed by atoms with Gasteiger partial charge in [0.1, 0.15) is 0 Å². The van der Waals surface area contributed by atoms with Crippen LogP contribution >= 0.6 is 0 Å². The fourth-order valence-corrected chi connectivity index (χ4v) is 3.35. The molecule has 0 radical (unpaired) electrons. The van der Waals surface area contributed by atoms with Crippen LogP contribution in [0.3, 0.4) is 0 Å². The number of likely N-dealkylation sites (tertiary alicyclic amines) is 1. The maximum atomic E-state index is 11.2. The van der Waals surface area contributed by atoms with E-state index in [0.29, 0.717) is 18.3 Å². The average molecular weight is 390 g/mol. The summed E-state index contributed by atoms with van der Waals surface area (Å²) in [5.41, 5.74) is 1.78. The number of nitrogens with one attached hydrogen (secondary N) is 3. The first-order valence-corrected chi connectivity index (χ1v) is 10.3. The van der Waals surface area contributed by atoms with Gasteiger partial charge < -0.3 is 20.3 Å². The molecule has 3 N–H and O–H groups in total. The van der Waals surface area contributed by atoms with Gasteiger partial charge in [-0.1, -0.05) is 18.6 Å². The Bertz CT molecular complexity index is 618. The van der Waals surface area contributed by atoms with E-state index in [9.17, 15) is 4.79 Å². The number of methoxy groups -OCH3 is 1. The Balaban J connectivity index is 1.77. The summed E-state index contributed by atoms with van der Waals surface area (Å²) in [5.74, 6) is 0.839. The molecule has 0 bridgehead atoms. The number of carbonyl (C=O) groups excluding carboxylic acids is 1. The van der Waals surface area contributed by atoms with Crippen molar-refractivity contribution < 1.29 is 9.53 Å². The monoisotopic (exact) mass is 389 g/mol. The van der Waals surface area contributed by atoms with Gasteiger partial charge in [-0.2, -0.15) is 0 Å². The van der Waals surface area contributed by atoms with Crippen LogP contribution in [0.15, 0.2) is 29.3 Å². The standard InChI is InChI=1S/C21H35N5O2/c1-4-22-20(23-13-7-15-26-14-6-5-8-17(26)2)24-16-18-9-11-19(12-10-18)25-21(27)28-3/h9-12,17H,4-8,13-16H2,1-3H3,(H,25,27)(H2,22,23,24). The number of benzene rings is 1. The molecule has 1 aliphatic heterocycles. The van der Waals surface area contributed by atoms with E-state index in [1.165, 1.54) is 32.9 Å². The van der Waals surface area contributed by atoms with Gasteiger partial charge in [0.15, 0.2) is 5.96 Å². The van der Waals surface area contributed by atoms with Crippen molar-refractivity contribution in [1.29, 1.82) is 0 Å². The molecule has 1 aliphatic rings. The molecule has 156 valence electrons. The SMILES string of the molecule is CCNC(=NCc1ccc(NC(=O)OC)cc1)NCCCN1CCCCC1C. The third kappa shape index (κ3) is 7.76. The molecule has 1 aromatic carbocycles. The second kappa shape index (κ2) is 12.2. The zero-order valence-electron chi connectivity index (χ0n) is 17.5. The maximum absolute atomic E-state index is 11.2. The number of piperidine rings is 1. The molecule has 1 aromatic rings.